The lowest BCUT2D eigenvalue weighted by Crippen LogP contribution is -2.39. The maximum Gasteiger partial charge on any atom is 0.323 e. The van der Waals surface area contributed by atoms with Gasteiger partial charge < -0.3 is 19.6 Å². The maximum atomic E-state index is 12.7. The number of rotatable bonds is 10. The van der Waals surface area contributed by atoms with Gasteiger partial charge in [-0.1, -0.05) is 51.0 Å². The smallest absolute Gasteiger partial charge is 0.323 e. The molecule has 3 aliphatic rings. The fraction of sp³-hybridized carbons (Fsp3) is 0.583. The van der Waals surface area contributed by atoms with Crippen LogP contribution in [0.1, 0.15) is 56.9 Å². The molecule has 2 N–H and O–H groups in total. The fourth-order valence-corrected chi connectivity index (χ4v) is 4.81. The molecule has 2 aliphatic heterocycles. The molecule has 0 spiro atoms. The van der Waals surface area contributed by atoms with Gasteiger partial charge in [-0.25, -0.2) is 4.99 Å². The van der Waals surface area contributed by atoms with Crippen LogP contribution in [-0.2, 0) is 20.9 Å². The first-order valence-corrected chi connectivity index (χ1v) is 11.9. The van der Waals surface area contributed by atoms with Crippen LogP contribution in [0.15, 0.2) is 23.2 Å². The Bertz CT molecular complexity index is 925. The summed E-state index contributed by atoms with van der Waals surface area (Å²) in [4.78, 5) is 43.2. The molecule has 9 nitrogen and oxygen atoms in total. The second-order valence-corrected chi connectivity index (χ2v) is 9.13. The molecule has 33 heavy (non-hydrogen) atoms. The summed E-state index contributed by atoms with van der Waals surface area (Å²) in [5.74, 6) is 0.346. The summed E-state index contributed by atoms with van der Waals surface area (Å²) < 4.78 is 5.68. The van der Waals surface area contributed by atoms with Crippen molar-refractivity contribution in [3.8, 4) is 5.75 Å². The molecular formula is C24H32N4O5. The molecular weight excluding hydrogens is 424 g/mol. The quantitative estimate of drug-likeness (QED) is 0.524. The molecule has 0 radical (unpaired) electrons. The number of guanidine groups is 1. The lowest BCUT2D eigenvalue weighted by atomic mass is 9.86. The van der Waals surface area contributed by atoms with Crippen molar-refractivity contribution in [1.29, 1.82) is 0 Å². The molecule has 1 saturated heterocycles. The van der Waals surface area contributed by atoms with Crippen molar-refractivity contribution >= 4 is 29.4 Å². The van der Waals surface area contributed by atoms with E-state index in [0.717, 1.165) is 30.7 Å². The SMILES string of the molecule is O=C(O)CN(CCCCC1CCCCC1)C(=O)COc1ccc2c(c1)N=C1NC(=O)CN1C2. The van der Waals surface area contributed by atoms with Gasteiger partial charge in [0.25, 0.3) is 5.91 Å². The highest BCUT2D eigenvalue weighted by Crippen LogP contribution is 2.31. The standard InChI is InChI=1S/C24H32N4O5/c29-21-14-28-13-18-9-10-19(12-20(18)25-24(28)26-21)33-16-22(30)27(15-23(31)32)11-5-4-8-17-6-2-1-3-7-17/h9-10,12,17H,1-8,11,13-16H2,(H,31,32)(H,25,26,29). The summed E-state index contributed by atoms with van der Waals surface area (Å²) in [5, 5.41) is 11.9. The van der Waals surface area contributed by atoms with Gasteiger partial charge in [-0.05, 0) is 24.0 Å². The zero-order valence-electron chi connectivity index (χ0n) is 18.9. The largest absolute Gasteiger partial charge is 0.484 e. The number of ether oxygens (including phenoxy) is 1. The number of fused-ring (bicyclic) bond motifs is 2. The Morgan fingerprint density at radius 2 is 2.00 bits per heavy atom. The van der Waals surface area contributed by atoms with Gasteiger partial charge in [0.2, 0.25) is 11.9 Å². The number of benzene rings is 1. The average molecular weight is 457 g/mol. The van der Waals surface area contributed by atoms with E-state index in [4.69, 9.17) is 4.74 Å². The molecule has 1 aliphatic carbocycles. The van der Waals surface area contributed by atoms with Gasteiger partial charge in [0.1, 0.15) is 18.8 Å². The van der Waals surface area contributed by atoms with E-state index in [1.54, 1.807) is 12.1 Å². The zero-order chi connectivity index (χ0) is 23.2. The third-order valence-corrected chi connectivity index (χ3v) is 6.59. The number of aliphatic carboxylic acids is 1. The van der Waals surface area contributed by atoms with Crippen LogP contribution in [0.2, 0.25) is 0 Å². The summed E-state index contributed by atoms with van der Waals surface area (Å²) in [6, 6.07) is 5.38. The normalized spacial score (nSPS) is 17.6. The van der Waals surface area contributed by atoms with Gasteiger partial charge in [-0.15, -0.1) is 0 Å². The van der Waals surface area contributed by atoms with Crippen molar-refractivity contribution in [2.24, 2.45) is 10.9 Å². The van der Waals surface area contributed by atoms with E-state index in [2.05, 4.69) is 10.3 Å². The van der Waals surface area contributed by atoms with Gasteiger partial charge in [0.05, 0.1) is 5.69 Å². The first-order chi connectivity index (χ1) is 16.0. The molecule has 0 aromatic heterocycles. The van der Waals surface area contributed by atoms with Crippen molar-refractivity contribution in [1.82, 2.24) is 15.1 Å². The highest BCUT2D eigenvalue weighted by atomic mass is 16.5. The number of carbonyl (C=O) groups excluding carboxylic acids is 2. The number of aliphatic imine (C=N–C) groups is 1. The topological polar surface area (TPSA) is 112 Å². The van der Waals surface area contributed by atoms with Crippen LogP contribution in [0.25, 0.3) is 0 Å². The predicted molar refractivity (Wildman–Crippen MR) is 122 cm³/mol. The molecule has 0 bridgehead atoms. The summed E-state index contributed by atoms with van der Waals surface area (Å²) in [6.45, 7) is 0.756. The number of hydrogen-bond donors (Lipinski definition) is 2. The van der Waals surface area contributed by atoms with E-state index < -0.39 is 5.97 Å². The number of carboxylic acids is 1. The molecule has 2 fully saturated rings. The molecule has 178 valence electrons. The number of carbonyl (C=O) groups is 3. The van der Waals surface area contributed by atoms with Gasteiger partial charge in [0, 0.05) is 19.2 Å². The van der Waals surface area contributed by atoms with E-state index in [-0.39, 0.29) is 25.0 Å². The summed E-state index contributed by atoms with van der Waals surface area (Å²) in [5.41, 5.74) is 1.66. The maximum absolute atomic E-state index is 12.7. The minimum Gasteiger partial charge on any atom is -0.484 e. The molecule has 0 unspecified atom stereocenters. The van der Waals surface area contributed by atoms with Crippen LogP contribution >= 0.6 is 0 Å². The van der Waals surface area contributed by atoms with Crippen molar-refractivity contribution < 1.29 is 24.2 Å². The van der Waals surface area contributed by atoms with Gasteiger partial charge >= 0.3 is 5.97 Å². The van der Waals surface area contributed by atoms with Crippen molar-refractivity contribution in [3.63, 3.8) is 0 Å². The number of nitrogens with zero attached hydrogens (tertiary/aromatic N) is 3. The molecule has 2 heterocycles. The van der Waals surface area contributed by atoms with Crippen molar-refractivity contribution in [2.75, 3.05) is 26.2 Å². The minimum atomic E-state index is -1.02. The molecule has 1 aromatic rings. The second-order valence-electron chi connectivity index (χ2n) is 9.13. The molecule has 0 atom stereocenters. The van der Waals surface area contributed by atoms with Crippen LogP contribution in [-0.4, -0.2) is 64.9 Å². The number of nitrogens with one attached hydrogen (secondary N) is 1. The lowest BCUT2D eigenvalue weighted by Gasteiger charge is -2.24. The first-order valence-electron chi connectivity index (χ1n) is 11.9. The number of unbranched alkanes of at least 4 members (excludes halogenated alkanes) is 1. The molecule has 2 amide bonds. The summed E-state index contributed by atoms with van der Waals surface area (Å²) in [7, 11) is 0. The first kappa shape index (κ1) is 23.1. The Kier molecular flexibility index (Phi) is 7.47. The molecule has 4 rings (SSSR count). The predicted octanol–water partition coefficient (Wildman–Crippen LogP) is 2.66. The molecule has 1 saturated carbocycles. The van der Waals surface area contributed by atoms with E-state index in [0.29, 0.717) is 37.0 Å². The van der Waals surface area contributed by atoms with Crippen LogP contribution in [0.4, 0.5) is 5.69 Å². The summed E-state index contributed by atoms with van der Waals surface area (Å²) >= 11 is 0. The second kappa shape index (κ2) is 10.7. The fourth-order valence-electron chi connectivity index (χ4n) is 4.81. The Morgan fingerprint density at radius 1 is 1.18 bits per heavy atom. The van der Waals surface area contributed by atoms with E-state index in [1.165, 1.54) is 37.0 Å². The van der Waals surface area contributed by atoms with Gasteiger partial charge in [-0.3, -0.25) is 19.7 Å². The lowest BCUT2D eigenvalue weighted by molar-refractivity contribution is -0.145. The average Bonchev–Trinajstić information content (AvgIpc) is 3.16. The van der Waals surface area contributed by atoms with Crippen molar-refractivity contribution in [3.05, 3.63) is 23.8 Å². The van der Waals surface area contributed by atoms with Gasteiger partial charge in [0.15, 0.2) is 6.61 Å². The van der Waals surface area contributed by atoms with E-state index in [1.807, 2.05) is 11.0 Å². The van der Waals surface area contributed by atoms with E-state index in [9.17, 15) is 19.5 Å². The highest BCUT2D eigenvalue weighted by Gasteiger charge is 2.29. The monoisotopic (exact) mass is 456 g/mol. The Morgan fingerprint density at radius 3 is 2.79 bits per heavy atom. The Hall–Kier alpha value is -3.10. The van der Waals surface area contributed by atoms with Crippen LogP contribution < -0.4 is 10.1 Å². The third-order valence-electron chi connectivity index (χ3n) is 6.59. The third kappa shape index (κ3) is 6.24. The summed E-state index contributed by atoms with van der Waals surface area (Å²) in [6.07, 6.45) is 9.51. The van der Waals surface area contributed by atoms with Crippen molar-refractivity contribution in [2.45, 2.75) is 57.9 Å². The van der Waals surface area contributed by atoms with Crippen LogP contribution in [0.3, 0.4) is 0 Å². The Balaban J connectivity index is 1.28. The van der Waals surface area contributed by atoms with Crippen LogP contribution in [0, 0.1) is 5.92 Å². The number of hydrogen-bond acceptors (Lipinski definition) is 6. The number of carboxylic acid groups (broad SMARTS) is 1. The molecule has 9 heteroatoms. The molecule has 1 aromatic carbocycles. The van der Waals surface area contributed by atoms with Crippen LogP contribution in [0.5, 0.6) is 5.75 Å². The van der Waals surface area contributed by atoms with E-state index >= 15 is 0 Å². The zero-order valence-corrected chi connectivity index (χ0v) is 18.9. The minimum absolute atomic E-state index is 0.0825. The van der Waals surface area contributed by atoms with Gasteiger partial charge in [-0.2, -0.15) is 0 Å². The highest BCUT2D eigenvalue weighted by molar-refractivity contribution is 6.05. The Labute approximate surface area is 193 Å². The number of amides is 2.